The summed E-state index contributed by atoms with van der Waals surface area (Å²) in [5, 5.41) is 7.04. The molecule has 1 aliphatic rings. The number of benzene rings is 1. The Kier molecular flexibility index (Phi) is 4.38. The first-order valence-electron chi connectivity index (χ1n) is 8.13. The Hall–Kier alpha value is -2.63. The number of anilines is 1. The smallest absolute Gasteiger partial charge is 0.268 e. The summed E-state index contributed by atoms with van der Waals surface area (Å²) < 4.78 is 2.04. The number of rotatable bonds is 4. The van der Waals surface area contributed by atoms with E-state index in [1.54, 1.807) is 6.33 Å². The van der Waals surface area contributed by atoms with Gasteiger partial charge in [-0.25, -0.2) is 4.98 Å². The number of imidazole rings is 1. The van der Waals surface area contributed by atoms with Gasteiger partial charge in [-0.2, -0.15) is 0 Å². The first kappa shape index (κ1) is 16.2. The average molecular weight is 326 g/mol. The minimum atomic E-state index is -0.620. The molecular formula is C18H22N4O2. The number of hydrogen-bond acceptors (Lipinski definition) is 4. The Morgan fingerprint density at radius 2 is 2.04 bits per heavy atom. The van der Waals surface area contributed by atoms with Crippen LogP contribution in [-0.2, 0) is 16.2 Å². The molecule has 1 amide bonds. The maximum Gasteiger partial charge on any atom is 0.268 e. The van der Waals surface area contributed by atoms with Crippen molar-refractivity contribution in [3.63, 3.8) is 0 Å². The van der Waals surface area contributed by atoms with Crippen LogP contribution in [0.5, 0.6) is 0 Å². The highest BCUT2D eigenvalue weighted by atomic mass is 16.6. The lowest BCUT2D eigenvalue weighted by Crippen LogP contribution is -2.28. The molecule has 1 aliphatic heterocycles. The first-order valence-corrected chi connectivity index (χ1v) is 8.13. The molecule has 0 saturated heterocycles. The number of aryl methyl sites for hydroxylation is 3. The predicted octanol–water partition coefficient (Wildman–Crippen LogP) is 2.96. The van der Waals surface area contributed by atoms with Crippen molar-refractivity contribution in [2.45, 2.75) is 46.8 Å². The summed E-state index contributed by atoms with van der Waals surface area (Å²) in [6, 6.07) is 5.92. The van der Waals surface area contributed by atoms with Crippen LogP contribution >= 0.6 is 0 Å². The quantitative estimate of drug-likeness (QED) is 0.939. The minimum absolute atomic E-state index is 0.182. The molecule has 6 heteroatoms. The number of amides is 1. The summed E-state index contributed by atoms with van der Waals surface area (Å²) in [5.74, 6) is -0.182. The maximum atomic E-state index is 12.5. The van der Waals surface area contributed by atoms with Crippen molar-refractivity contribution >= 4 is 17.3 Å². The van der Waals surface area contributed by atoms with Crippen LogP contribution in [0, 0.1) is 20.8 Å². The number of hydrogen-bond donors (Lipinski definition) is 1. The fraction of sp³-hybridized carbons (Fsp3) is 0.389. The fourth-order valence-electron chi connectivity index (χ4n) is 2.92. The summed E-state index contributed by atoms with van der Waals surface area (Å²) in [6.45, 7) is 8.86. The summed E-state index contributed by atoms with van der Waals surface area (Å²) in [7, 11) is 0. The van der Waals surface area contributed by atoms with Crippen molar-refractivity contribution in [1.82, 2.24) is 9.55 Å². The molecule has 0 spiro atoms. The number of aromatic nitrogens is 2. The van der Waals surface area contributed by atoms with E-state index in [-0.39, 0.29) is 5.91 Å². The van der Waals surface area contributed by atoms with Crippen LogP contribution in [0.15, 0.2) is 29.7 Å². The van der Waals surface area contributed by atoms with Gasteiger partial charge in [-0.3, -0.25) is 4.79 Å². The molecule has 1 unspecified atom stereocenters. The van der Waals surface area contributed by atoms with E-state index in [2.05, 4.69) is 22.4 Å². The van der Waals surface area contributed by atoms with Gasteiger partial charge in [0.25, 0.3) is 5.91 Å². The van der Waals surface area contributed by atoms with E-state index >= 15 is 0 Å². The normalized spacial score (nSPS) is 16.7. The largest absolute Gasteiger partial charge is 0.382 e. The van der Waals surface area contributed by atoms with Crippen molar-refractivity contribution in [2.75, 3.05) is 5.32 Å². The molecule has 1 aromatic carbocycles. The van der Waals surface area contributed by atoms with Gasteiger partial charge in [0.05, 0.1) is 6.33 Å². The zero-order chi connectivity index (χ0) is 17.3. The number of nitrogens with one attached hydrogen (secondary N) is 1. The Bertz CT molecular complexity index is 787. The standard InChI is InChI=1S/C18H22N4O2/c1-5-22-10-19-17(13(22)4)14-9-15(24-21-14)18(23)20-16-11(2)7-6-8-12(16)3/h6-8,10,15H,5,9H2,1-4H3,(H,20,23). The van der Waals surface area contributed by atoms with Crippen LogP contribution in [0.2, 0.25) is 0 Å². The molecule has 6 nitrogen and oxygen atoms in total. The van der Waals surface area contributed by atoms with Crippen LogP contribution in [0.3, 0.4) is 0 Å². The summed E-state index contributed by atoms with van der Waals surface area (Å²) in [5.41, 5.74) is 5.46. The van der Waals surface area contributed by atoms with Crippen LogP contribution in [-0.4, -0.2) is 27.3 Å². The highest BCUT2D eigenvalue weighted by Crippen LogP contribution is 2.23. The van der Waals surface area contributed by atoms with Crippen LogP contribution in [0.4, 0.5) is 5.69 Å². The van der Waals surface area contributed by atoms with Gasteiger partial charge in [0.15, 0.2) is 0 Å². The SMILES string of the molecule is CCn1cnc(C2=NOC(C(=O)Nc3c(C)cccc3C)C2)c1C. The van der Waals surface area contributed by atoms with Crippen molar-refractivity contribution in [2.24, 2.45) is 5.16 Å². The topological polar surface area (TPSA) is 68.5 Å². The van der Waals surface area contributed by atoms with E-state index in [0.29, 0.717) is 6.42 Å². The zero-order valence-electron chi connectivity index (χ0n) is 14.5. The molecule has 0 bridgehead atoms. The minimum Gasteiger partial charge on any atom is -0.382 e. The van der Waals surface area contributed by atoms with Gasteiger partial charge >= 0.3 is 0 Å². The van der Waals surface area contributed by atoms with Gasteiger partial charge in [0, 0.05) is 24.3 Å². The van der Waals surface area contributed by atoms with E-state index < -0.39 is 6.10 Å². The number of carbonyl (C=O) groups is 1. The number of nitrogens with zero attached hydrogens (tertiary/aromatic N) is 3. The van der Waals surface area contributed by atoms with Crippen LogP contribution in [0.25, 0.3) is 0 Å². The van der Waals surface area contributed by atoms with Gasteiger partial charge in [-0.15, -0.1) is 0 Å². The molecule has 2 aromatic rings. The molecule has 1 atom stereocenters. The lowest BCUT2D eigenvalue weighted by Gasteiger charge is -2.13. The van der Waals surface area contributed by atoms with E-state index in [4.69, 9.17) is 4.84 Å². The lowest BCUT2D eigenvalue weighted by molar-refractivity contribution is -0.125. The molecule has 3 rings (SSSR count). The molecule has 24 heavy (non-hydrogen) atoms. The van der Waals surface area contributed by atoms with E-state index in [1.807, 2.05) is 43.5 Å². The van der Waals surface area contributed by atoms with Crippen molar-refractivity contribution in [3.05, 3.63) is 47.0 Å². The number of carbonyl (C=O) groups excluding carboxylic acids is 1. The predicted molar refractivity (Wildman–Crippen MR) is 93.2 cm³/mol. The summed E-state index contributed by atoms with van der Waals surface area (Å²) in [4.78, 5) is 22.3. The maximum absolute atomic E-state index is 12.5. The second-order valence-corrected chi connectivity index (χ2v) is 6.06. The molecule has 126 valence electrons. The van der Waals surface area contributed by atoms with Crippen LogP contribution in [0.1, 0.15) is 35.9 Å². The van der Waals surface area contributed by atoms with Gasteiger partial charge in [-0.05, 0) is 38.8 Å². The molecule has 0 fully saturated rings. The Morgan fingerprint density at radius 1 is 1.33 bits per heavy atom. The third kappa shape index (κ3) is 2.91. The van der Waals surface area contributed by atoms with Gasteiger partial charge < -0.3 is 14.7 Å². The Labute approximate surface area is 141 Å². The summed E-state index contributed by atoms with van der Waals surface area (Å²) in [6.07, 6.45) is 1.60. The molecule has 2 heterocycles. The van der Waals surface area contributed by atoms with Crippen LogP contribution < -0.4 is 5.32 Å². The van der Waals surface area contributed by atoms with E-state index in [0.717, 1.165) is 40.5 Å². The Morgan fingerprint density at radius 3 is 2.67 bits per heavy atom. The average Bonchev–Trinajstić information content (AvgIpc) is 3.17. The zero-order valence-corrected chi connectivity index (χ0v) is 14.5. The third-order valence-electron chi connectivity index (χ3n) is 4.40. The van der Waals surface area contributed by atoms with E-state index in [1.165, 1.54) is 0 Å². The highest BCUT2D eigenvalue weighted by molar-refractivity contribution is 6.06. The van der Waals surface area contributed by atoms with Gasteiger partial charge in [-0.1, -0.05) is 23.4 Å². The monoisotopic (exact) mass is 326 g/mol. The van der Waals surface area contributed by atoms with Gasteiger partial charge in [0.1, 0.15) is 11.4 Å². The molecule has 1 aromatic heterocycles. The molecule has 0 aliphatic carbocycles. The van der Waals surface area contributed by atoms with Crippen molar-refractivity contribution in [3.8, 4) is 0 Å². The van der Waals surface area contributed by atoms with E-state index in [9.17, 15) is 4.79 Å². The second kappa shape index (κ2) is 6.47. The number of para-hydroxylation sites is 1. The molecule has 1 N–H and O–H groups in total. The second-order valence-electron chi connectivity index (χ2n) is 6.06. The summed E-state index contributed by atoms with van der Waals surface area (Å²) >= 11 is 0. The molecular weight excluding hydrogens is 304 g/mol. The van der Waals surface area contributed by atoms with Crippen molar-refractivity contribution < 1.29 is 9.63 Å². The number of oxime groups is 1. The lowest BCUT2D eigenvalue weighted by atomic mass is 10.1. The third-order valence-corrected chi connectivity index (χ3v) is 4.40. The van der Waals surface area contributed by atoms with Crippen molar-refractivity contribution in [1.29, 1.82) is 0 Å². The fourth-order valence-corrected chi connectivity index (χ4v) is 2.92. The molecule has 0 radical (unpaired) electrons. The first-order chi connectivity index (χ1) is 11.5. The van der Waals surface area contributed by atoms with Gasteiger partial charge in [0.2, 0.25) is 6.10 Å². The Balaban J connectivity index is 1.70. The molecule has 0 saturated carbocycles. The highest BCUT2D eigenvalue weighted by Gasteiger charge is 2.31.